The largest absolute Gasteiger partial charge is 0.478 e. The highest BCUT2D eigenvalue weighted by Gasteiger charge is 2.03. The Labute approximate surface area is 173 Å². The lowest BCUT2D eigenvalue weighted by atomic mass is 10.2. The maximum absolute atomic E-state index is 11.8. The summed E-state index contributed by atoms with van der Waals surface area (Å²) in [6.07, 6.45) is 5.23. The van der Waals surface area contributed by atoms with Crippen molar-refractivity contribution >= 4 is 39.2 Å². The van der Waals surface area contributed by atoms with Crippen molar-refractivity contribution in [3.05, 3.63) is 54.2 Å². The number of pyridine rings is 1. The predicted molar refractivity (Wildman–Crippen MR) is 116 cm³/mol. The third kappa shape index (κ3) is 9.14. The molecule has 6 nitrogen and oxygen atoms in total. The van der Waals surface area contributed by atoms with Crippen LogP contribution in [0.2, 0.25) is 0 Å². The minimum absolute atomic E-state index is 0.0887. The molecule has 0 atom stereocenters. The van der Waals surface area contributed by atoms with Crippen molar-refractivity contribution < 1.29 is 14.7 Å². The maximum atomic E-state index is 11.8. The van der Waals surface area contributed by atoms with Gasteiger partial charge in [0.2, 0.25) is 5.91 Å². The van der Waals surface area contributed by atoms with Crippen molar-refractivity contribution in [2.24, 2.45) is 0 Å². The zero-order valence-corrected chi connectivity index (χ0v) is 17.2. The van der Waals surface area contributed by atoms with E-state index in [-0.39, 0.29) is 11.5 Å². The Morgan fingerprint density at radius 3 is 2.50 bits per heavy atom. The number of carboxylic acid groups (broad SMARTS) is 1. The summed E-state index contributed by atoms with van der Waals surface area (Å²) in [6, 6.07) is 12.5. The Morgan fingerprint density at radius 1 is 1.00 bits per heavy atom. The molecule has 1 aromatic heterocycles. The molecule has 0 aliphatic carbocycles. The van der Waals surface area contributed by atoms with Crippen molar-refractivity contribution in [2.45, 2.75) is 30.7 Å². The first-order valence-electron chi connectivity index (χ1n) is 9.19. The highest BCUT2D eigenvalue weighted by Crippen LogP contribution is 2.29. The van der Waals surface area contributed by atoms with Gasteiger partial charge >= 0.3 is 5.97 Å². The number of nitrogens with one attached hydrogen (secondary N) is 2. The highest BCUT2D eigenvalue weighted by molar-refractivity contribution is 8.76. The number of amides is 1. The fourth-order valence-corrected chi connectivity index (χ4v) is 4.21. The number of hydrogen-bond donors (Lipinski definition) is 3. The molecule has 0 fully saturated rings. The van der Waals surface area contributed by atoms with Gasteiger partial charge in [0.05, 0.1) is 5.56 Å². The van der Waals surface area contributed by atoms with Crippen LogP contribution < -0.4 is 10.6 Å². The number of hydrogen-bond acceptors (Lipinski definition) is 6. The first-order valence-corrected chi connectivity index (χ1v) is 11.5. The zero-order valence-electron chi connectivity index (χ0n) is 15.6. The Balaban J connectivity index is 1.43. The van der Waals surface area contributed by atoms with Gasteiger partial charge in [-0.3, -0.25) is 4.79 Å². The number of unbranched alkanes of at least 4 members (excludes halogenated alkanes) is 2. The van der Waals surface area contributed by atoms with Crippen molar-refractivity contribution in [1.82, 2.24) is 10.3 Å². The number of benzene rings is 1. The quantitative estimate of drug-likeness (QED) is 0.329. The van der Waals surface area contributed by atoms with E-state index in [0.717, 1.165) is 42.3 Å². The standard InChI is InChI=1S/C20H25N3O3S2/c24-18(11-15-27-28-19-6-2-5-14-23-19)22-13-4-1-3-12-21-17-9-7-16(8-10-17)20(25)26/h2,5-10,14,21H,1,3-4,11-13,15H2,(H,22,24)(H,25,26). The summed E-state index contributed by atoms with van der Waals surface area (Å²) in [5, 5.41) is 16.0. The molecular weight excluding hydrogens is 394 g/mol. The van der Waals surface area contributed by atoms with Crippen LogP contribution in [0.25, 0.3) is 0 Å². The topological polar surface area (TPSA) is 91.3 Å². The van der Waals surface area contributed by atoms with Crippen LogP contribution in [0.3, 0.4) is 0 Å². The summed E-state index contributed by atoms with van der Waals surface area (Å²) in [7, 11) is 3.23. The average Bonchev–Trinajstić information content (AvgIpc) is 2.71. The van der Waals surface area contributed by atoms with Gasteiger partial charge in [-0.1, -0.05) is 16.9 Å². The van der Waals surface area contributed by atoms with Crippen LogP contribution >= 0.6 is 21.6 Å². The number of aromatic nitrogens is 1. The summed E-state index contributed by atoms with van der Waals surface area (Å²) >= 11 is 0. The lowest BCUT2D eigenvalue weighted by Gasteiger charge is -2.07. The minimum Gasteiger partial charge on any atom is -0.478 e. The second-order valence-electron chi connectivity index (χ2n) is 6.04. The van der Waals surface area contributed by atoms with E-state index in [1.807, 2.05) is 18.2 Å². The van der Waals surface area contributed by atoms with Crippen molar-refractivity contribution in [2.75, 3.05) is 24.2 Å². The average molecular weight is 420 g/mol. The van der Waals surface area contributed by atoms with E-state index in [1.54, 1.807) is 52.1 Å². The number of aromatic carboxylic acids is 1. The molecule has 0 unspecified atom stereocenters. The lowest BCUT2D eigenvalue weighted by Crippen LogP contribution is -2.24. The van der Waals surface area contributed by atoms with Gasteiger partial charge in [0.1, 0.15) is 5.03 Å². The molecule has 0 aliphatic rings. The van der Waals surface area contributed by atoms with Crippen LogP contribution in [0, 0.1) is 0 Å². The minimum atomic E-state index is -0.917. The van der Waals surface area contributed by atoms with E-state index in [4.69, 9.17) is 5.11 Å². The van der Waals surface area contributed by atoms with Crippen LogP contribution in [0.15, 0.2) is 53.7 Å². The number of carboxylic acids is 1. The Morgan fingerprint density at radius 2 is 1.79 bits per heavy atom. The molecule has 0 radical (unpaired) electrons. The van der Waals surface area contributed by atoms with E-state index >= 15 is 0 Å². The molecule has 1 heterocycles. The molecule has 2 rings (SSSR count). The van der Waals surface area contributed by atoms with Crippen LogP contribution in [-0.4, -0.2) is 40.8 Å². The normalized spacial score (nSPS) is 10.4. The van der Waals surface area contributed by atoms with Gasteiger partial charge in [0, 0.05) is 37.1 Å². The number of anilines is 1. The van der Waals surface area contributed by atoms with Crippen molar-refractivity contribution in [1.29, 1.82) is 0 Å². The third-order valence-corrected chi connectivity index (χ3v) is 6.10. The summed E-state index contributed by atoms with van der Waals surface area (Å²) in [4.78, 5) is 26.8. The third-order valence-electron chi connectivity index (χ3n) is 3.83. The Hall–Kier alpha value is -2.19. The zero-order chi connectivity index (χ0) is 20.0. The molecule has 0 saturated heterocycles. The fourth-order valence-electron chi connectivity index (χ4n) is 2.34. The van der Waals surface area contributed by atoms with Crippen LogP contribution in [0.4, 0.5) is 5.69 Å². The van der Waals surface area contributed by atoms with Gasteiger partial charge in [-0.05, 0) is 66.5 Å². The molecule has 1 aromatic carbocycles. The van der Waals surface area contributed by atoms with E-state index in [9.17, 15) is 9.59 Å². The molecule has 0 saturated carbocycles. The van der Waals surface area contributed by atoms with E-state index in [1.165, 1.54) is 0 Å². The molecule has 1 amide bonds. The molecule has 0 aliphatic heterocycles. The lowest BCUT2D eigenvalue weighted by molar-refractivity contribution is -0.120. The van der Waals surface area contributed by atoms with E-state index in [2.05, 4.69) is 15.6 Å². The van der Waals surface area contributed by atoms with E-state index < -0.39 is 5.97 Å². The predicted octanol–water partition coefficient (Wildman–Crippen LogP) is 4.31. The number of carbonyl (C=O) groups is 2. The molecule has 28 heavy (non-hydrogen) atoms. The monoisotopic (exact) mass is 419 g/mol. The van der Waals surface area contributed by atoms with E-state index in [0.29, 0.717) is 13.0 Å². The Bertz CT molecular complexity index is 727. The van der Waals surface area contributed by atoms with Gasteiger partial charge < -0.3 is 15.7 Å². The number of carbonyl (C=O) groups excluding carboxylic acids is 1. The molecule has 0 spiro atoms. The fraction of sp³-hybridized carbons (Fsp3) is 0.350. The first-order chi connectivity index (χ1) is 13.6. The van der Waals surface area contributed by atoms with Crippen molar-refractivity contribution in [3.63, 3.8) is 0 Å². The van der Waals surface area contributed by atoms with Gasteiger partial charge in [0.15, 0.2) is 0 Å². The molecule has 8 heteroatoms. The first kappa shape index (κ1) is 22.1. The second kappa shape index (κ2) is 13.1. The molecule has 0 bridgehead atoms. The summed E-state index contributed by atoms with van der Waals surface area (Å²) in [6.45, 7) is 1.52. The highest BCUT2D eigenvalue weighted by atomic mass is 33.1. The number of rotatable bonds is 13. The van der Waals surface area contributed by atoms with Gasteiger partial charge in [0.25, 0.3) is 0 Å². The van der Waals surface area contributed by atoms with Crippen LogP contribution in [-0.2, 0) is 4.79 Å². The van der Waals surface area contributed by atoms with Crippen molar-refractivity contribution in [3.8, 4) is 0 Å². The number of nitrogens with zero attached hydrogens (tertiary/aromatic N) is 1. The SMILES string of the molecule is O=C(CCSSc1ccccn1)NCCCCCNc1ccc(C(=O)O)cc1. The summed E-state index contributed by atoms with van der Waals surface area (Å²) in [5.41, 5.74) is 1.20. The molecule has 150 valence electrons. The smallest absolute Gasteiger partial charge is 0.335 e. The van der Waals surface area contributed by atoms with Crippen LogP contribution in [0.1, 0.15) is 36.0 Å². The van der Waals surface area contributed by atoms with Gasteiger partial charge in [-0.2, -0.15) is 0 Å². The second-order valence-corrected chi connectivity index (χ2v) is 8.48. The summed E-state index contributed by atoms with van der Waals surface area (Å²) in [5.74, 6) is -0.0672. The molecule has 3 N–H and O–H groups in total. The molecule has 2 aromatic rings. The van der Waals surface area contributed by atoms with Gasteiger partial charge in [-0.25, -0.2) is 9.78 Å². The van der Waals surface area contributed by atoms with Crippen LogP contribution in [0.5, 0.6) is 0 Å². The summed E-state index contributed by atoms with van der Waals surface area (Å²) < 4.78 is 0. The maximum Gasteiger partial charge on any atom is 0.335 e. The van der Waals surface area contributed by atoms with Gasteiger partial charge in [-0.15, -0.1) is 0 Å². The molecular formula is C20H25N3O3S2. The Kier molecular flexibility index (Phi) is 10.3.